The number of sulfonamides is 1. The fourth-order valence-corrected chi connectivity index (χ4v) is 2.59. The Kier molecular flexibility index (Phi) is 5.85. The van der Waals surface area contributed by atoms with E-state index in [1.54, 1.807) is 0 Å². The van der Waals surface area contributed by atoms with Crippen LogP contribution < -0.4 is 0 Å². The predicted octanol–water partition coefficient (Wildman–Crippen LogP) is -0.459. The van der Waals surface area contributed by atoms with Crippen molar-refractivity contribution in [2.24, 2.45) is 0 Å². The Morgan fingerprint density at radius 3 is 2.67 bits per heavy atom. The van der Waals surface area contributed by atoms with Crippen molar-refractivity contribution >= 4 is 22.0 Å². The van der Waals surface area contributed by atoms with E-state index in [0.717, 1.165) is 10.5 Å². The first-order valence-electron chi connectivity index (χ1n) is 6.04. The zero-order valence-corrected chi connectivity index (χ0v) is 12.5. The molecule has 1 aromatic heterocycles. The van der Waals surface area contributed by atoms with Crippen molar-refractivity contribution in [2.45, 2.75) is 24.3 Å². The van der Waals surface area contributed by atoms with Gasteiger partial charge in [-0.3, -0.25) is 14.3 Å². The van der Waals surface area contributed by atoms with Gasteiger partial charge in [0.05, 0.1) is 32.7 Å². The zero-order chi connectivity index (χ0) is 16.0. The molecule has 0 amide bonds. The molecule has 1 rings (SSSR count). The highest BCUT2D eigenvalue weighted by Crippen LogP contribution is 2.13. The highest BCUT2D eigenvalue weighted by Gasteiger charge is 2.23. The standard InChI is InChI=1S/C11H17N3O6S/c1-13(5-4-11(17)20-2)21(18,19)9-7-12-14(8-9)6-3-10(15)16/h7-8H,3-6H2,1-2H3,(H,15,16). The first-order valence-corrected chi connectivity index (χ1v) is 7.48. The Morgan fingerprint density at radius 1 is 1.43 bits per heavy atom. The van der Waals surface area contributed by atoms with Crippen molar-refractivity contribution in [1.29, 1.82) is 0 Å². The number of carboxylic acid groups (broad SMARTS) is 1. The van der Waals surface area contributed by atoms with E-state index in [0.29, 0.717) is 0 Å². The Hall–Kier alpha value is -1.94. The maximum atomic E-state index is 12.2. The van der Waals surface area contributed by atoms with Gasteiger partial charge in [0.25, 0.3) is 0 Å². The molecule has 0 fully saturated rings. The summed E-state index contributed by atoms with van der Waals surface area (Å²) in [5.74, 6) is -1.50. The van der Waals surface area contributed by atoms with E-state index in [2.05, 4.69) is 9.84 Å². The molecule has 0 spiro atoms. The average molecular weight is 319 g/mol. The van der Waals surface area contributed by atoms with Gasteiger partial charge >= 0.3 is 11.9 Å². The highest BCUT2D eigenvalue weighted by atomic mass is 32.2. The Balaban J connectivity index is 2.73. The van der Waals surface area contributed by atoms with Crippen LogP contribution in [0.2, 0.25) is 0 Å². The second kappa shape index (κ2) is 7.18. The van der Waals surface area contributed by atoms with Crippen LogP contribution >= 0.6 is 0 Å². The van der Waals surface area contributed by atoms with Crippen LogP contribution in [0.4, 0.5) is 0 Å². The average Bonchev–Trinajstić information content (AvgIpc) is 2.91. The lowest BCUT2D eigenvalue weighted by Crippen LogP contribution is -2.29. The van der Waals surface area contributed by atoms with E-state index in [-0.39, 0.29) is 30.8 Å². The molecule has 0 saturated carbocycles. The van der Waals surface area contributed by atoms with E-state index in [1.165, 1.54) is 25.0 Å². The van der Waals surface area contributed by atoms with Gasteiger partial charge < -0.3 is 9.84 Å². The first-order chi connectivity index (χ1) is 9.77. The number of ether oxygens (including phenoxy) is 1. The largest absolute Gasteiger partial charge is 0.481 e. The summed E-state index contributed by atoms with van der Waals surface area (Å²) in [6, 6.07) is 0. The number of hydrogen-bond acceptors (Lipinski definition) is 6. The van der Waals surface area contributed by atoms with Crippen LogP contribution in [0.15, 0.2) is 17.3 Å². The quantitative estimate of drug-likeness (QED) is 0.644. The summed E-state index contributed by atoms with van der Waals surface area (Å²) in [4.78, 5) is 21.4. The van der Waals surface area contributed by atoms with Gasteiger partial charge in [0.1, 0.15) is 4.90 Å². The summed E-state index contributed by atoms with van der Waals surface area (Å²) >= 11 is 0. The summed E-state index contributed by atoms with van der Waals surface area (Å²) in [6.45, 7) is 0.0615. The number of carbonyl (C=O) groups is 2. The van der Waals surface area contributed by atoms with E-state index < -0.39 is 22.0 Å². The summed E-state index contributed by atoms with van der Waals surface area (Å²) in [5.41, 5.74) is 0. The number of carboxylic acids is 1. The van der Waals surface area contributed by atoms with Crippen LogP contribution in [0, 0.1) is 0 Å². The fraction of sp³-hybridized carbons (Fsp3) is 0.545. The van der Waals surface area contributed by atoms with Gasteiger partial charge in [-0.25, -0.2) is 12.7 Å². The number of methoxy groups -OCH3 is 1. The number of aromatic nitrogens is 2. The van der Waals surface area contributed by atoms with Gasteiger partial charge in [0.15, 0.2) is 0 Å². The van der Waals surface area contributed by atoms with Crippen molar-refractivity contribution in [3.8, 4) is 0 Å². The van der Waals surface area contributed by atoms with Gasteiger partial charge in [-0.2, -0.15) is 5.10 Å². The van der Waals surface area contributed by atoms with Crippen molar-refractivity contribution in [1.82, 2.24) is 14.1 Å². The molecule has 1 aromatic rings. The van der Waals surface area contributed by atoms with Crippen molar-refractivity contribution in [2.75, 3.05) is 20.7 Å². The SMILES string of the molecule is COC(=O)CCN(C)S(=O)(=O)c1cnn(CCC(=O)O)c1. The molecule has 10 heteroatoms. The predicted molar refractivity (Wildman–Crippen MR) is 70.9 cm³/mol. The molecule has 0 bridgehead atoms. The molecule has 0 aromatic carbocycles. The molecular formula is C11H17N3O6S. The molecule has 0 aliphatic rings. The van der Waals surface area contributed by atoms with E-state index in [4.69, 9.17) is 5.11 Å². The van der Waals surface area contributed by atoms with E-state index in [1.807, 2.05) is 0 Å². The maximum Gasteiger partial charge on any atom is 0.306 e. The fourth-order valence-electron chi connectivity index (χ4n) is 1.46. The molecule has 0 aliphatic carbocycles. The Bertz CT molecular complexity index is 609. The minimum atomic E-state index is -3.77. The summed E-state index contributed by atoms with van der Waals surface area (Å²) in [7, 11) is -1.20. The third-order valence-corrected chi connectivity index (χ3v) is 4.54. The van der Waals surface area contributed by atoms with Crippen LogP contribution in [0.25, 0.3) is 0 Å². The van der Waals surface area contributed by atoms with Gasteiger partial charge in [-0.1, -0.05) is 0 Å². The molecule has 118 valence electrons. The molecular weight excluding hydrogens is 302 g/mol. The van der Waals surface area contributed by atoms with Gasteiger partial charge in [-0.15, -0.1) is 0 Å². The minimum absolute atomic E-state index is 0.0185. The zero-order valence-electron chi connectivity index (χ0n) is 11.7. The van der Waals surface area contributed by atoms with Gasteiger partial charge in [0, 0.05) is 19.8 Å². The molecule has 21 heavy (non-hydrogen) atoms. The molecule has 0 radical (unpaired) electrons. The second-order valence-electron chi connectivity index (χ2n) is 4.24. The molecule has 1 N–H and O–H groups in total. The normalized spacial score (nSPS) is 11.6. The third kappa shape index (κ3) is 4.83. The summed E-state index contributed by atoms with van der Waals surface area (Å²) < 4.78 is 31.1. The van der Waals surface area contributed by atoms with Crippen LogP contribution in [0.5, 0.6) is 0 Å². The number of nitrogens with zero attached hydrogens (tertiary/aromatic N) is 3. The van der Waals surface area contributed by atoms with Crippen LogP contribution in [0.3, 0.4) is 0 Å². The molecule has 9 nitrogen and oxygen atoms in total. The van der Waals surface area contributed by atoms with E-state index >= 15 is 0 Å². The lowest BCUT2D eigenvalue weighted by atomic mass is 10.4. The van der Waals surface area contributed by atoms with Crippen molar-refractivity contribution < 1.29 is 27.9 Å². The molecule has 0 aliphatic heterocycles. The smallest absolute Gasteiger partial charge is 0.306 e. The van der Waals surface area contributed by atoms with Gasteiger partial charge in [-0.05, 0) is 0 Å². The monoisotopic (exact) mass is 319 g/mol. The lowest BCUT2D eigenvalue weighted by Gasteiger charge is -2.14. The number of carbonyl (C=O) groups excluding carboxylic acids is 1. The summed E-state index contributed by atoms with van der Waals surface area (Å²) in [5, 5.41) is 12.4. The Morgan fingerprint density at radius 2 is 2.10 bits per heavy atom. The maximum absolute atomic E-state index is 12.2. The van der Waals surface area contributed by atoms with Crippen LogP contribution in [0.1, 0.15) is 12.8 Å². The lowest BCUT2D eigenvalue weighted by molar-refractivity contribution is -0.140. The number of rotatable bonds is 8. The van der Waals surface area contributed by atoms with E-state index in [9.17, 15) is 18.0 Å². The van der Waals surface area contributed by atoms with Crippen LogP contribution in [-0.4, -0.2) is 60.3 Å². The highest BCUT2D eigenvalue weighted by molar-refractivity contribution is 7.89. The molecule has 0 atom stereocenters. The van der Waals surface area contributed by atoms with Gasteiger partial charge in [0.2, 0.25) is 10.0 Å². The number of aliphatic carboxylic acids is 1. The third-order valence-electron chi connectivity index (χ3n) is 2.73. The topological polar surface area (TPSA) is 119 Å². The second-order valence-corrected chi connectivity index (χ2v) is 6.28. The number of aryl methyl sites for hydroxylation is 1. The number of hydrogen-bond donors (Lipinski definition) is 1. The number of esters is 1. The Labute approximate surface area is 122 Å². The minimum Gasteiger partial charge on any atom is -0.481 e. The molecule has 1 heterocycles. The first kappa shape index (κ1) is 17.1. The summed E-state index contributed by atoms with van der Waals surface area (Å²) in [6.07, 6.45) is 2.19. The van der Waals surface area contributed by atoms with Crippen molar-refractivity contribution in [3.05, 3.63) is 12.4 Å². The molecule has 0 saturated heterocycles. The molecule has 0 unspecified atom stereocenters. The van der Waals surface area contributed by atoms with Crippen molar-refractivity contribution in [3.63, 3.8) is 0 Å². The van der Waals surface area contributed by atoms with Crippen LogP contribution in [-0.2, 0) is 30.9 Å².